The molecule has 0 unspecified atom stereocenters. The number of nitriles is 1. The molecule has 3 aliphatic carbocycles. The summed E-state index contributed by atoms with van der Waals surface area (Å²) in [5, 5.41) is 10.2. The molecule has 2 aromatic carbocycles. The predicted molar refractivity (Wildman–Crippen MR) is 142 cm³/mol. The maximum Gasteiger partial charge on any atom is 0.258 e. The number of carbonyl (C=O) groups excluding carboxylic acids is 1. The van der Waals surface area contributed by atoms with E-state index in [1.165, 1.54) is 5.56 Å². The van der Waals surface area contributed by atoms with E-state index in [-0.39, 0.29) is 16.7 Å². The van der Waals surface area contributed by atoms with Gasteiger partial charge < -0.3 is 9.64 Å². The summed E-state index contributed by atoms with van der Waals surface area (Å²) >= 11 is 6.34. The number of fused-ring (bicyclic) bond motifs is 3. The average molecular weight is 500 g/mol. The van der Waals surface area contributed by atoms with Crippen LogP contribution in [-0.2, 0) is 5.41 Å². The van der Waals surface area contributed by atoms with Crippen molar-refractivity contribution in [2.45, 2.75) is 50.9 Å². The first-order chi connectivity index (χ1) is 17.4. The molecule has 1 aromatic heterocycles. The van der Waals surface area contributed by atoms with Crippen molar-refractivity contribution in [3.05, 3.63) is 88.2 Å². The Morgan fingerprint density at radius 2 is 1.86 bits per heavy atom. The number of aromatic nitrogens is 1. The van der Waals surface area contributed by atoms with Crippen molar-refractivity contribution in [2.24, 2.45) is 5.41 Å². The number of carbonyl (C=O) groups is 1. The van der Waals surface area contributed by atoms with Gasteiger partial charge in [0, 0.05) is 35.2 Å². The van der Waals surface area contributed by atoms with E-state index in [2.05, 4.69) is 17.1 Å². The molecule has 0 aliphatic heterocycles. The third-order valence-corrected chi connectivity index (χ3v) is 8.68. The predicted octanol–water partition coefficient (Wildman–Crippen LogP) is 6.86. The molecule has 0 atom stereocenters. The van der Waals surface area contributed by atoms with Gasteiger partial charge in [-0.25, -0.2) is 0 Å². The summed E-state index contributed by atoms with van der Waals surface area (Å²) in [6, 6.07) is 17.7. The third-order valence-electron chi connectivity index (χ3n) is 8.44. The normalized spacial score (nSPS) is 22.6. The molecule has 0 radical (unpaired) electrons. The number of hydrogen-bond acceptors (Lipinski definition) is 4. The highest BCUT2D eigenvalue weighted by molar-refractivity contribution is 6.31. The van der Waals surface area contributed by atoms with Crippen LogP contribution in [0.25, 0.3) is 0 Å². The monoisotopic (exact) mass is 499 g/mol. The molecule has 1 heterocycles. The van der Waals surface area contributed by atoms with Crippen molar-refractivity contribution in [1.82, 2.24) is 4.98 Å². The molecular weight excluding hydrogens is 470 g/mol. The zero-order valence-electron chi connectivity index (χ0n) is 20.8. The number of anilines is 1. The highest BCUT2D eigenvalue weighted by Crippen LogP contribution is 2.58. The molecule has 6 rings (SSSR count). The molecule has 3 aliphatic rings. The van der Waals surface area contributed by atoms with E-state index in [0.717, 1.165) is 49.8 Å². The fourth-order valence-electron chi connectivity index (χ4n) is 6.18. The summed E-state index contributed by atoms with van der Waals surface area (Å²) in [4.78, 5) is 19.9. The van der Waals surface area contributed by atoms with E-state index in [9.17, 15) is 10.1 Å². The number of halogens is 1. The van der Waals surface area contributed by atoms with Crippen molar-refractivity contribution >= 4 is 23.2 Å². The molecule has 6 heteroatoms. The van der Waals surface area contributed by atoms with Gasteiger partial charge in [0.25, 0.3) is 5.91 Å². The first-order valence-electron chi connectivity index (χ1n) is 12.5. The molecular formula is C30H30ClN3O2. The molecule has 2 bridgehead atoms. The van der Waals surface area contributed by atoms with Crippen LogP contribution in [0.3, 0.4) is 0 Å². The van der Waals surface area contributed by atoms with Gasteiger partial charge in [0.1, 0.15) is 11.8 Å². The van der Waals surface area contributed by atoms with Crippen LogP contribution in [0.5, 0.6) is 5.75 Å². The van der Waals surface area contributed by atoms with Crippen LogP contribution >= 0.6 is 11.6 Å². The highest BCUT2D eigenvalue weighted by Gasteiger charge is 2.50. The third kappa shape index (κ3) is 4.35. The molecule has 5 nitrogen and oxygen atoms in total. The number of pyridine rings is 1. The Labute approximate surface area is 217 Å². The second-order valence-electron chi connectivity index (χ2n) is 10.4. The van der Waals surface area contributed by atoms with Crippen molar-refractivity contribution in [1.29, 1.82) is 5.26 Å². The van der Waals surface area contributed by atoms with E-state index in [4.69, 9.17) is 16.3 Å². The standard InChI is InChI=1S/C30H30ClN3O2/c1-21-19-33-15-8-26(21)28(35)34(25-5-3-4-24(31)17-25)20-29-9-12-30(13-10-29,14-11-29)23-6-7-27(36-2)22(16-23)18-32/h3-8,15-17,19H,9-14,20H2,1-2H3. The number of aryl methyl sites for hydroxylation is 1. The minimum absolute atomic E-state index is 0.0113. The average Bonchev–Trinajstić information content (AvgIpc) is 2.92. The van der Waals surface area contributed by atoms with Crippen molar-refractivity contribution in [2.75, 3.05) is 18.6 Å². The van der Waals surface area contributed by atoms with Gasteiger partial charge >= 0.3 is 0 Å². The Morgan fingerprint density at radius 1 is 1.11 bits per heavy atom. The maximum absolute atomic E-state index is 13.9. The van der Waals surface area contributed by atoms with Gasteiger partial charge in [-0.05, 0) is 104 Å². The summed E-state index contributed by atoms with van der Waals surface area (Å²) in [6.45, 7) is 2.59. The Bertz CT molecular complexity index is 1320. The fraction of sp³-hybridized carbons (Fsp3) is 0.367. The second-order valence-corrected chi connectivity index (χ2v) is 10.8. The Morgan fingerprint density at radius 3 is 2.50 bits per heavy atom. The lowest BCUT2D eigenvalue weighted by molar-refractivity contribution is 0.0441. The number of methoxy groups -OCH3 is 1. The number of amides is 1. The van der Waals surface area contributed by atoms with Crippen LogP contribution in [0.4, 0.5) is 5.69 Å². The van der Waals surface area contributed by atoms with Gasteiger partial charge in [-0.3, -0.25) is 9.78 Å². The fourth-order valence-corrected chi connectivity index (χ4v) is 6.36. The van der Waals surface area contributed by atoms with E-state index in [1.807, 2.05) is 48.2 Å². The van der Waals surface area contributed by atoms with Crippen LogP contribution in [0, 0.1) is 23.7 Å². The molecule has 3 saturated carbocycles. The number of benzene rings is 2. The summed E-state index contributed by atoms with van der Waals surface area (Å²) in [6.07, 6.45) is 9.69. The van der Waals surface area contributed by atoms with E-state index in [0.29, 0.717) is 28.4 Å². The van der Waals surface area contributed by atoms with E-state index >= 15 is 0 Å². The van der Waals surface area contributed by atoms with Gasteiger partial charge in [-0.15, -0.1) is 0 Å². The largest absolute Gasteiger partial charge is 0.495 e. The minimum Gasteiger partial charge on any atom is -0.495 e. The van der Waals surface area contributed by atoms with E-state index < -0.39 is 0 Å². The molecule has 3 aromatic rings. The van der Waals surface area contributed by atoms with E-state index in [1.54, 1.807) is 25.6 Å². The second kappa shape index (κ2) is 9.59. The lowest BCUT2D eigenvalue weighted by Gasteiger charge is -2.55. The van der Waals surface area contributed by atoms with Crippen molar-refractivity contribution in [3.8, 4) is 11.8 Å². The zero-order chi connectivity index (χ0) is 25.3. The first-order valence-corrected chi connectivity index (χ1v) is 12.8. The molecule has 0 N–H and O–H groups in total. The zero-order valence-corrected chi connectivity index (χ0v) is 21.5. The number of nitrogens with zero attached hydrogens (tertiary/aromatic N) is 3. The van der Waals surface area contributed by atoms with Crippen molar-refractivity contribution in [3.63, 3.8) is 0 Å². The van der Waals surface area contributed by atoms with Crippen LogP contribution < -0.4 is 9.64 Å². The van der Waals surface area contributed by atoms with Crippen LogP contribution in [0.15, 0.2) is 60.9 Å². The summed E-state index contributed by atoms with van der Waals surface area (Å²) in [5.74, 6) is 0.614. The van der Waals surface area contributed by atoms with Gasteiger partial charge in [0.2, 0.25) is 0 Å². The van der Waals surface area contributed by atoms with Gasteiger partial charge in [-0.1, -0.05) is 23.7 Å². The summed E-state index contributed by atoms with van der Waals surface area (Å²) < 4.78 is 5.36. The SMILES string of the molecule is COc1ccc(C23CCC(CN(C(=O)c4ccncc4C)c4cccc(Cl)c4)(CC2)CC3)cc1C#N. The Balaban J connectivity index is 1.42. The molecule has 36 heavy (non-hydrogen) atoms. The summed E-state index contributed by atoms with van der Waals surface area (Å²) in [5.41, 5.74) is 4.35. The van der Waals surface area contributed by atoms with Crippen molar-refractivity contribution < 1.29 is 9.53 Å². The Hall–Kier alpha value is -3.36. The van der Waals surface area contributed by atoms with Crippen LogP contribution in [-0.4, -0.2) is 24.5 Å². The highest BCUT2D eigenvalue weighted by atomic mass is 35.5. The lowest BCUT2D eigenvalue weighted by atomic mass is 9.51. The summed E-state index contributed by atoms with van der Waals surface area (Å²) in [7, 11) is 1.60. The topological polar surface area (TPSA) is 66.2 Å². The van der Waals surface area contributed by atoms with Crippen LogP contribution in [0.2, 0.25) is 5.02 Å². The molecule has 0 saturated heterocycles. The number of ether oxygens (including phenoxy) is 1. The minimum atomic E-state index is -0.0113. The quantitative estimate of drug-likeness (QED) is 0.371. The Kier molecular flexibility index (Phi) is 6.49. The molecule has 3 fully saturated rings. The van der Waals surface area contributed by atoms with Crippen LogP contribution in [0.1, 0.15) is 65.6 Å². The van der Waals surface area contributed by atoms with Gasteiger partial charge in [0.05, 0.1) is 12.7 Å². The molecule has 184 valence electrons. The van der Waals surface area contributed by atoms with Gasteiger partial charge in [-0.2, -0.15) is 5.26 Å². The lowest BCUT2D eigenvalue weighted by Crippen LogP contribution is -2.50. The first kappa shape index (κ1) is 24.3. The number of hydrogen-bond donors (Lipinski definition) is 0. The number of rotatable bonds is 6. The smallest absolute Gasteiger partial charge is 0.258 e. The molecule has 1 amide bonds. The van der Waals surface area contributed by atoms with Gasteiger partial charge in [0.15, 0.2) is 0 Å². The molecule has 0 spiro atoms. The maximum atomic E-state index is 13.9.